The van der Waals surface area contributed by atoms with E-state index in [0.717, 1.165) is 21.1 Å². The maximum atomic E-state index is 12.7. The molecule has 1 aromatic heterocycles. The van der Waals surface area contributed by atoms with Gasteiger partial charge < -0.3 is 14.4 Å². The minimum absolute atomic E-state index is 0.0808. The van der Waals surface area contributed by atoms with Crippen LogP contribution >= 0.6 is 15.9 Å². The normalized spacial score (nSPS) is 11.2. The molecule has 26 heavy (non-hydrogen) atoms. The molecule has 0 saturated heterocycles. The standard InChI is InChI=1S/C19H18BrN3O3/c1-11-18(15-9-14(26-3)5-6-16(15)23(11)2)19(25)22-21-10-12-8-13(20)4-7-17(12)24/h4-10,24H,1-3H3,(H,22,25)/b21-10-. The number of ether oxygens (including phenoxy) is 1. The Morgan fingerprint density at radius 2 is 2.08 bits per heavy atom. The van der Waals surface area contributed by atoms with Gasteiger partial charge in [0, 0.05) is 33.7 Å². The van der Waals surface area contributed by atoms with Gasteiger partial charge in [0.1, 0.15) is 11.5 Å². The van der Waals surface area contributed by atoms with E-state index in [1.165, 1.54) is 6.21 Å². The van der Waals surface area contributed by atoms with Crippen LogP contribution < -0.4 is 10.2 Å². The molecule has 1 heterocycles. The second-order valence-electron chi connectivity index (χ2n) is 5.80. The number of phenols is 1. The smallest absolute Gasteiger partial charge is 0.273 e. The van der Waals surface area contributed by atoms with E-state index in [-0.39, 0.29) is 11.7 Å². The van der Waals surface area contributed by atoms with Crippen molar-refractivity contribution in [1.82, 2.24) is 9.99 Å². The van der Waals surface area contributed by atoms with E-state index < -0.39 is 0 Å². The van der Waals surface area contributed by atoms with Crippen LogP contribution in [0.1, 0.15) is 21.6 Å². The first-order chi connectivity index (χ1) is 12.4. The van der Waals surface area contributed by atoms with Crippen molar-refractivity contribution >= 4 is 39.0 Å². The molecule has 3 rings (SSSR count). The van der Waals surface area contributed by atoms with Crippen LogP contribution in [0.5, 0.6) is 11.5 Å². The van der Waals surface area contributed by atoms with Gasteiger partial charge in [0.15, 0.2) is 0 Å². The van der Waals surface area contributed by atoms with E-state index in [2.05, 4.69) is 26.5 Å². The molecule has 7 heteroatoms. The third-order valence-corrected chi connectivity index (χ3v) is 4.78. The van der Waals surface area contributed by atoms with E-state index in [0.29, 0.717) is 16.9 Å². The van der Waals surface area contributed by atoms with Gasteiger partial charge in [-0.25, -0.2) is 5.43 Å². The minimum atomic E-state index is -0.327. The fraction of sp³-hybridized carbons (Fsp3) is 0.158. The molecule has 134 valence electrons. The number of nitrogens with zero attached hydrogens (tertiary/aromatic N) is 2. The van der Waals surface area contributed by atoms with Crippen molar-refractivity contribution in [2.24, 2.45) is 12.1 Å². The molecule has 0 saturated carbocycles. The largest absolute Gasteiger partial charge is 0.507 e. The Bertz CT molecular complexity index is 1020. The van der Waals surface area contributed by atoms with Gasteiger partial charge in [0.2, 0.25) is 0 Å². The highest BCUT2D eigenvalue weighted by Crippen LogP contribution is 2.28. The zero-order valence-electron chi connectivity index (χ0n) is 14.6. The summed E-state index contributed by atoms with van der Waals surface area (Å²) >= 11 is 3.33. The lowest BCUT2D eigenvalue weighted by molar-refractivity contribution is 0.0956. The summed E-state index contributed by atoms with van der Waals surface area (Å²) in [5, 5.41) is 14.6. The summed E-state index contributed by atoms with van der Waals surface area (Å²) in [6.07, 6.45) is 1.40. The Kier molecular flexibility index (Phi) is 4.99. The van der Waals surface area contributed by atoms with Crippen molar-refractivity contribution in [3.63, 3.8) is 0 Å². The van der Waals surface area contributed by atoms with Crippen LogP contribution in [-0.2, 0) is 7.05 Å². The van der Waals surface area contributed by atoms with Crippen LogP contribution in [-0.4, -0.2) is 28.9 Å². The number of hydrogen-bond donors (Lipinski definition) is 2. The van der Waals surface area contributed by atoms with Crippen LogP contribution in [0.25, 0.3) is 10.9 Å². The highest BCUT2D eigenvalue weighted by Gasteiger charge is 2.18. The summed E-state index contributed by atoms with van der Waals surface area (Å²) in [5.41, 5.74) is 5.32. The Morgan fingerprint density at radius 3 is 2.81 bits per heavy atom. The molecule has 0 aliphatic rings. The molecule has 0 spiro atoms. The fourth-order valence-electron chi connectivity index (χ4n) is 2.81. The van der Waals surface area contributed by atoms with E-state index in [1.807, 2.05) is 36.7 Å². The van der Waals surface area contributed by atoms with Crippen LogP contribution in [0.4, 0.5) is 0 Å². The molecule has 2 aromatic carbocycles. The van der Waals surface area contributed by atoms with E-state index in [1.54, 1.807) is 25.3 Å². The lowest BCUT2D eigenvalue weighted by Gasteiger charge is -2.03. The molecule has 0 bridgehead atoms. The summed E-state index contributed by atoms with van der Waals surface area (Å²) in [6.45, 7) is 1.88. The highest BCUT2D eigenvalue weighted by molar-refractivity contribution is 9.10. The third kappa shape index (κ3) is 3.30. The van der Waals surface area contributed by atoms with Crippen molar-refractivity contribution in [2.75, 3.05) is 7.11 Å². The van der Waals surface area contributed by atoms with Gasteiger partial charge in [0.25, 0.3) is 5.91 Å². The lowest BCUT2D eigenvalue weighted by Crippen LogP contribution is -2.18. The topological polar surface area (TPSA) is 75.8 Å². The van der Waals surface area contributed by atoms with E-state index >= 15 is 0 Å². The molecule has 6 nitrogen and oxygen atoms in total. The number of hydrogen-bond acceptors (Lipinski definition) is 4. The maximum absolute atomic E-state index is 12.7. The molecule has 0 fully saturated rings. The van der Waals surface area contributed by atoms with Gasteiger partial charge in [-0.3, -0.25) is 4.79 Å². The molecular weight excluding hydrogens is 398 g/mol. The Morgan fingerprint density at radius 1 is 1.31 bits per heavy atom. The molecule has 0 radical (unpaired) electrons. The number of fused-ring (bicyclic) bond motifs is 1. The molecular formula is C19H18BrN3O3. The number of halogens is 1. The minimum Gasteiger partial charge on any atom is -0.507 e. The number of rotatable bonds is 4. The number of aromatic nitrogens is 1. The lowest BCUT2D eigenvalue weighted by atomic mass is 10.1. The van der Waals surface area contributed by atoms with E-state index in [9.17, 15) is 9.90 Å². The highest BCUT2D eigenvalue weighted by atomic mass is 79.9. The van der Waals surface area contributed by atoms with Crippen molar-refractivity contribution in [3.8, 4) is 11.5 Å². The molecule has 2 N–H and O–H groups in total. The van der Waals surface area contributed by atoms with Crippen LogP contribution in [0.3, 0.4) is 0 Å². The number of methoxy groups -OCH3 is 1. The van der Waals surface area contributed by atoms with Crippen molar-refractivity contribution < 1.29 is 14.6 Å². The van der Waals surface area contributed by atoms with Gasteiger partial charge in [0.05, 0.1) is 18.9 Å². The number of hydrazone groups is 1. The Balaban J connectivity index is 1.91. The number of phenolic OH excluding ortho intramolecular Hbond substituents is 1. The number of benzene rings is 2. The summed E-state index contributed by atoms with van der Waals surface area (Å²) in [4.78, 5) is 12.7. The summed E-state index contributed by atoms with van der Waals surface area (Å²) in [7, 11) is 3.50. The van der Waals surface area contributed by atoms with E-state index in [4.69, 9.17) is 4.74 Å². The first-order valence-corrected chi connectivity index (χ1v) is 8.66. The van der Waals surface area contributed by atoms with Crippen LogP contribution in [0, 0.1) is 6.92 Å². The summed E-state index contributed by atoms with van der Waals surface area (Å²) in [6, 6.07) is 10.6. The summed E-state index contributed by atoms with van der Waals surface area (Å²) in [5.74, 6) is 0.434. The second kappa shape index (κ2) is 7.21. The third-order valence-electron chi connectivity index (χ3n) is 4.29. The zero-order valence-corrected chi connectivity index (χ0v) is 16.2. The zero-order chi connectivity index (χ0) is 18.8. The van der Waals surface area contributed by atoms with Crippen molar-refractivity contribution in [3.05, 3.63) is 57.7 Å². The van der Waals surface area contributed by atoms with Crippen LogP contribution in [0.2, 0.25) is 0 Å². The van der Waals surface area contributed by atoms with Crippen molar-refractivity contribution in [2.45, 2.75) is 6.92 Å². The Hall–Kier alpha value is -2.80. The molecule has 0 aliphatic carbocycles. The number of carbonyl (C=O) groups is 1. The fourth-order valence-corrected chi connectivity index (χ4v) is 3.19. The predicted octanol–water partition coefficient (Wildman–Crippen LogP) is 3.73. The average Bonchev–Trinajstić information content (AvgIpc) is 2.88. The first-order valence-electron chi connectivity index (χ1n) is 7.87. The van der Waals surface area contributed by atoms with Crippen LogP contribution in [0.15, 0.2) is 46.0 Å². The number of nitrogens with one attached hydrogen (secondary N) is 1. The molecule has 0 atom stereocenters. The van der Waals surface area contributed by atoms with Crippen molar-refractivity contribution in [1.29, 1.82) is 0 Å². The van der Waals surface area contributed by atoms with Gasteiger partial charge in [-0.15, -0.1) is 0 Å². The first kappa shape index (κ1) is 18.0. The van der Waals surface area contributed by atoms with Gasteiger partial charge >= 0.3 is 0 Å². The molecule has 1 amide bonds. The predicted molar refractivity (Wildman–Crippen MR) is 105 cm³/mol. The monoisotopic (exact) mass is 415 g/mol. The molecule has 0 aliphatic heterocycles. The number of carbonyl (C=O) groups excluding carboxylic acids is 1. The number of aromatic hydroxyl groups is 1. The van der Waals surface area contributed by atoms with Gasteiger partial charge in [-0.05, 0) is 43.3 Å². The quantitative estimate of drug-likeness (QED) is 0.503. The number of aryl methyl sites for hydroxylation is 1. The maximum Gasteiger partial charge on any atom is 0.273 e. The summed E-state index contributed by atoms with van der Waals surface area (Å²) < 4.78 is 8.02. The second-order valence-corrected chi connectivity index (χ2v) is 6.72. The molecule has 3 aromatic rings. The number of amides is 1. The SMILES string of the molecule is COc1ccc2c(c1)c(C(=O)N/N=C\c1cc(Br)ccc1O)c(C)n2C. The van der Waals surface area contributed by atoms with Gasteiger partial charge in [-0.1, -0.05) is 15.9 Å². The van der Waals surface area contributed by atoms with Gasteiger partial charge in [-0.2, -0.15) is 5.10 Å². The average molecular weight is 416 g/mol. The molecule has 0 unspecified atom stereocenters. The Labute approximate surface area is 159 Å².